The maximum Gasteiger partial charge on any atom is 0.287 e. The van der Waals surface area contributed by atoms with Crippen molar-refractivity contribution in [3.05, 3.63) is 45.5 Å². The summed E-state index contributed by atoms with van der Waals surface area (Å²) in [6.45, 7) is 1.50. The minimum Gasteiger partial charge on any atom is -0.294 e. The van der Waals surface area contributed by atoms with E-state index in [4.69, 9.17) is 0 Å². The van der Waals surface area contributed by atoms with E-state index in [1.165, 1.54) is 30.5 Å². The molecule has 0 radical (unpaired) electrons. The Bertz CT molecular complexity index is 575. The highest BCUT2D eigenvalue weighted by Crippen LogP contribution is 2.27. The number of nitrogens with zero attached hydrogens (tertiary/aromatic N) is 2. The van der Waals surface area contributed by atoms with E-state index in [0.29, 0.717) is 10.6 Å². The summed E-state index contributed by atoms with van der Waals surface area (Å²) in [7, 11) is 0. The standard InChI is InChI=1S/C11H8N2O3S/c1-7(14)10-4-5-11(17-10)9-3-2-8(6-12-9)13(15)16/h2-6H,1H3. The topological polar surface area (TPSA) is 73.1 Å². The van der Waals surface area contributed by atoms with Crippen molar-refractivity contribution in [2.24, 2.45) is 0 Å². The Morgan fingerprint density at radius 1 is 1.35 bits per heavy atom. The van der Waals surface area contributed by atoms with Crippen LogP contribution in [0.15, 0.2) is 30.5 Å². The van der Waals surface area contributed by atoms with Crippen LogP contribution in [0.1, 0.15) is 16.6 Å². The van der Waals surface area contributed by atoms with Crippen LogP contribution in [-0.4, -0.2) is 15.7 Å². The van der Waals surface area contributed by atoms with Crippen molar-refractivity contribution < 1.29 is 9.72 Å². The number of carbonyl (C=O) groups is 1. The van der Waals surface area contributed by atoms with Crippen LogP contribution >= 0.6 is 11.3 Å². The molecule has 6 heteroatoms. The lowest BCUT2D eigenvalue weighted by molar-refractivity contribution is -0.385. The zero-order chi connectivity index (χ0) is 12.4. The summed E-state index contributed by atoms with van der Waals surface area (Å²) >= 11 is 1.33. The van der Waals surface area contributed by atoms with Gasteiger partial charge in [-0.1, -0.05) is 0 Å². The molecule has 2 rings (SSSR count). The number of nitro groups is 1. The SMILES string of the molecule is CC(=O)c1ccc(-c2ccc([N+](=O)[O-])cn2)s1. The van der Waals surface area contributed by atoms with Gasteiger partial charge in [0.1, 0.15) is 6.20 Å². The lowest BCUT2D eigenvalue weighted by atomic mass is 10.3. The van der Waals surface area contributed by atoms with E-state index in [1.54, 1.807) is 18.2 Å². The summed E-state index contributed by atoms with van der Waals surface area (Å²) in [4.78, 5) is 26.6. The third-order valence-electron chi connectivity index (χ3n) is 2.16. The van der Waals surface area contributed by atoms with Crippen molar-refractivity contribution in [2.75, 3.05) is 0 Å². The maximum absolute atomic E-state index is 11.1. The van der Waals surface area contributed by atoms with Crippen LogP contribution in [0, 0.1) is 10.1 Å². The van der Waals surface area contributed by atoms with Crippen molar-refractivity contribution in [1.82, 2.24) is 4.98 Å². The van der Waals surface area contributed by atoms with Crippen LogP contribution < -0.4 is 0 Å². The van der Waals surface area contributed by atoms with E-state index in [-0.39, 0.29) is 11.5 Å². The number of aromatic nitrogens is 1. The molecule has 2 aromatic heterocycles. The van der Waals surface area contributed by atoms with E-state index >= 15 is 0 Å². The number of hydrogen-bond acceptors (Lipinski definition) is 5. The lowest BCUT2D eigenvalue weighted by Crippen LogP contribution is -1.89. The first-order valence-electron chi connectivity index (χ1n) is 4.79. The van der Waals surface area contributed by atoms with Crippen LogP contribution in [0.5, 0.6) is 0 Å². The molecule has 0 spiro atoms. The molecule has 5 nitrogen and oxygen atoms in total. The molecule has 0 bridgehead atoms. The molecule has 0 atom stereocenters. The molecular weight excluding hydrogens is 240 g/mol. The Morgan fingerprint density at radius 2 is 2.12 bits per heavy atom. The fraction of sp³-hybridized carbons (Fsp3) is 0.0909. The van der Waals surface area contributed by atoms with Crippen LogP contribution in [-0.2, 0) is 0 Å². The molecule has 0 aliphatic carbocycles. The van der Waals surface area contributed by atoms with Gasteiger partial charge in [0.05, 0.1) is 20.4 Å². The van der Waals surface area contributed by atoms with E-state index in [0.717, 1.165) is 4.88 Å². The predicted molar refractivity (Wildman–Crippen MR) is 64.2 cm³/mol. The number of carbonyl (C=O) groups excluding carboxylic acids is 1. The molecule has 0 N–H and O–H groups in total. The number of pyridine rings is 1. The summed E-state index contributed by atoms with van der Waals surface area (Å²) in [5.41, 5.74) is 0.588. The van der Waals surface area contributed by atoms with Crippen molar-refractivity contribution in [1.29, 1.82) is 0 Å². The fourth-order valence-corrected chi connectivity index (χ4v) is 2.18. The molecule has 0 aliphatic rings. The first-order chi connectivity index (χ1) is 8.08. The lowest BCUT2D eigenvalue weighted by Gasteiger charge is -1.95. The number of hydrogen-bond donors (Lipinski definition) is 0. The minimum absolute atomic E-state index is 0.00293. The van der Waals surface area contributed by atoms with Crippen LogP contribution in [0.3, 0.4) is 0 Å². The first kappa shape index (κ1) is 11.4. The quantitative estimate of drug-likeness (QED) is 0.475. The third-order valence-corrected chi connectivity index (χ3v) is 3.37. The van der Waals surface area contributed by atoms with Gasteiger partial charge in [0, 0.05) is 6.07 Å². The highest BCUT2D eigenvalue weighted by molar-refractivity contribution is 7.17. The highest BCUT2D eigenvalue weighted by atomic mass is 32.1. The van der Waals surface area contributed by atoms with Gasteiger partial charge >= 0.3 is 0 Å². The molecule has 86 valence electrons. The van der Waals surface area contributed by atoms with Crippen LogP contribution in [0.4, 0.5) is 5.69 Å². The second-order valence-corrected chi connectivity index (χ2v) is 4.46. The van der Waals surface area contributed by atoms with Gasteiger partial charge in [-0.3, -0.25) is 14.9 Å². The predicted octanol–water partition coefficient (Wildman–Crippen LogP) is 2.92. The van der Waals surface area contributed by atoms with Gasteiger partial charge in [0.15, 0.2) is 5.78 Å². The Labute approximate surface area is 101 Å². The molecular formula is C11H8N2O3S. The molecule has 0 aliphatic heterocycles. The highest BCUT2D eigenvalue weighted by Gasteiger charge is 2.09. The Balaban J connectivity index is 2.33. The smallest absolute Gasteiger partial charge is 0.287 e. The normalized spacial score (nSPS) is 10.2. The van der Waals surface area contributed by atoms with Crippen molar-refractivity contribution in [3.8, 4) is 10.6 Å². The number of thiophene rings is 1. The molecule has 17 heavy (non-hydrogen) atoms. The summed E-state index contributed by atoms with van der Waals surface area (Å²) in [5, 5.41) is 10.5. The van der Waals surface area contributed by atoms with Gasteiger partial charge < -0.3 is 0 Å². The van der Waals surface area contributed by atoms with Crippen molar-refractivity contribution >= 4 is 22.8 Å². The zero-order valence-electron chi connectivity index (χ0n) is 8.91. The number of rotatable bonds is 3. The monoisotopic (exact) mass is 248 g/mol. The zero-order valence-corrected chi connectivity index (χ0v) is 9.73. The number of Topliss-reactive ketones (excluding diaryl/α,β-unsaturated/α-hetero) is 1. The largest absolute Gasteiger partial charge is 0.294 e. The summed E-state index contributed by atoms with van der Waals surface area (Å²) in [6, 6.07) is 6.49. The minimum atomic E-state index is -0.494. The van der Waals surface area contributed by atoms with Crippen LogP contribution in [0.25, 0.3) is 10.6 Å². The van der Waals surface area contributed by atoms with E-state index in [9.17, 15) is 14.9 Å². The molecule has 0 fully saturated rings. The van der Waals surface area contributed by atoms with Gasteiger partial charge in [0.2, 0.25) is 0 Å². The second kappa shape index (κ2) is 4.42. The van der Waals surface area contributed by atoms with E-state index in [2.05, 4.69) is 4.98 Å². The van der Waals surface area contributed by atoms with Gasteiger partial charge in [-0.15, -0.1) is 11.3 Å². The summed E-state index contributed by atoms with van der Waals surface area (Å²) < 4.78 is 0. The Kier molecular flexibility index (Phi) is 2.97. The number of ketones is 1. The summed E-state index contributed by atoms with van der Waals surface area (Å²) in [6.07, 6.45) is 1.21. The summed E-state index contributed by atoms with van der Waals surface area (Å²) in [5.74, 6) is 0.00293. The van der Waals surface area contributed by atoms with Gasteiger partial charge in [-0.25, -0.2) is 4.98 Å². The van der Waals surface area contributed by atoms with E-state index in [1.807, 2.05) is 0 Å². The molecule has 0 aromatic carbocycles. The fourth-order valence-electron chi connectivity index (χ4n) is 1.30. The first-order valence-corrected chi connectivity index (χ1v) is 5.61. The van der Waals surface area contributed by atoms with Crippen molar-refractivity contribution in [3.63, 3.8) is 0 Å². The molecule has 2 aromatic rings. The molecule has 0 saturated carbocycles. The molecule has 0 unspecified atom stereocenters. The Hall–Kier alpha value is -2.08. The second-order valence-electron chi connectivity index (χ2n) is 3.38. The molecule has 0 saturated heterocycles. The maximum atomic E-state index is 11.1. The average molecular weight is 248 g/mol. The van der Waals surface area contributed by atoms with Crippen LogP contribution in [0.2, 0.25) is 0 Å². The molecule has 0 amide bonds. The van der Waals surface area contributed by atoms with E-state index < -0.39 is 4.92 Å². The average Bonchev–Trinajstić information content (AvgIpc) is 2.78. The molecule has 2 heterocycles. The van der Waals surface area contributed by atoms with Gasteiger partial charge in [-0.05, 0) is 25.1 Å². The van der Waals surface area contributed by atoms with Crippen molar-refractivity contribution in [2.45, 2.75) is 6.92 Å². The van der Waals surface area contributed by atoms with Gasteiger partial charge in [0.25, 0.3) is 5.69 Å². The third kappa shape index (κ3) is 2.36. The Morgan fingerprint density at radius 3 is 2.59 bits per heavy atom. The van der Waals surface area contributed by atoms with Gasteiger partial charge in [-0.2, -0.15) is 0 Å².